The Morgan fingerprint density at radius 2 is 1.82 bits per heavy atom. The van der Waals surface area contributed by atoms with Crippen molar-refractivity contribution in [2.75, 3.05) is 12.9 Å². The van der Waals surface area contributed by atoms with Gasteiger partial charge < -0.3 is 4.74 Å². The SMILES string of the molecule is CCCOc1ccc(C(C)OS(C)(=O)=O)cc1. The third-order valence-electron chi connectivity index (χ3n) is 2.14. The van der Waals surface area contributed by atoms with Crippen LogP contribution in [0.25, 0.3) is 0 Å². The summed E-state index contributed by atoms with van der Waals surface area (Å²) in [5, 5.41) is 0. The molecule has 0 amide bonds. The van der Waals surface area contributed by atoms with Gasteiger partial charge in [-0.3, -0.25) is 4.18 Å². The van der Waals surface area contributed by atoms with Crippen LogP contribution in [0.1, 0.15) is 31.9 Å². The van der Waals surface area contributed by atoms with Crippen molar-refractivity contribution in [2.45, 2.75) is 26.4 Å². The Kier molecular flexibility index (Phi) is 4.96. The van der Waals surface area contributed by atoms with Crippen LogP contribution in [-0.2, 0) is 14.3 Å². The van der Waals surface area contributed by atoms with Crippen LogP contribution in [0.15, 0.2) is 24.3 Å². The van der Waals surface area contributed by atoms with Gasteiger partial charge in [-0.15, -0.1) is 0 Å². The molecule has 0 fully saturated rings. The first-order valence-corrected chi connectivity index (χ1v) is 7.35. The standard InChI is InChI=1S/C12H18O4S/c1-4-9-15-12-7-5-11(6-8-12)10(2)16-17(3,13)14/h5-8,10H,4,9H2,1-3H3. The van der Waals surface area contributed by atoms with E-state index in [4.69, 9.17) is 8.92 Å². The predicted octanol–water partition coefficient (Wildman–Crippen LogP) is 2.51. The maximum absolute atomic E-state index is 11.0. The van der Waals surface area contributed by atoms with Crippen LogP contribution in [-0.4, -0.2) is 21.3 Å². The molecule has 0 aromatic heterocycles. The Morgan fingerprint density at radius 1 is 1.24 bits per heavy atom. The minimum absolute atomic E-state index is 0.481. The van der Waals surface area contributed by atoms with Crippen molar-refractivity contribution in [1.82, 2.24) is 0 Å². The first kappa shape index (κ1) is 14.0. The Labute approximate surface area is 103 Å². The van der Waals surface area contributed by atoms with E-state index in [1.54, 1.807) is 19.1 Å². The molecular weight excluding hydrogens is 240 g/mol. The predicted molar refractivity (Wildman–Crippen MR) is 66.6 cm³/mol. The molecule has 17 heavy (non-hydrogen) atoms. The van der Waals surface area contributed by atoms with Crippen LogP contribution >= 0.6 is 0 Å². The van der Waals surface area contributed by atoms with Gasteiger partial charge in [0.2, 0.25) is 0 Å². The zero-order valence-electron chi connectivity index (χ0n) is 10.3. The van der Waals surface area contributed by atoms with Gasteiger partial charge in [0.25, 0.3) is 10.1 Å². The zero-order valence-corrected chi connectivity index (χ0v) is 11.2. The molecule has 1 aromatic carbocycles. The van der Waals surface area contributed by atoms with Crippen LogP contribution in [0.5, 0.6) is 5.75 Å². The van der Waals surface area contributed by atoms with Crippen LogP contribution < -0.4 is 4.74 Å². The molecule has 1 aromatic rings. The van der Waals surface area contributed by atoms with Crippen molar-refractivity contribution < 1.29 is 17.3 Å². The van der Waals surface area contributed by atoms with Crippen molar-refractivity contribution >= 4 is 10.1 Å². The second kappa shape index (κ2) is 6.02. The molecule has 1 unspecified atom stereocenters. The van der Waals surface area contributed by atoms with Gasteiger partial charge >= 0.3 is 0 Å². The van der Waals surface area contributed by atoms with Crippen LogP contribution in [0.4, 0.5) is 0 Å². The summed E-state index contributed by atoms with van der Waals surface area (Å²) in [6.07, 6.45) is 1.52. The highest BCUT2D eigenvalue weighted by molar-refractivity contribution is 7.86. The summed E-state index contributed by atoms with van der Waals surface area (Å²) in [5.41, 5.74) is 0.805. The fourth-order valence-corrected chi connectivity index (χ4v) is 2.01. The maximum Gasteiger partial charge on any atom is 0.264 e. The lowest BCUT2D eigenvalue weighted by Gasteiger charge is -2.12. The normalized spacial score (nSPS) is 13.4. The quantitative estimate of drug-likeness (QED) is 0.736. The summed E-state index contributed by atoms with van der Waals surface area (Å²) < 4.78 is 32.3. The number of hydrogen-bond acceptors (Lipinski definition) is 4. The number of rotatable bonds is 6. The van der Waals surface area contributed by atoms with Crippen molar-refractivity contribution in [2.24, 2.45) is 0 Å². The molecule has 0 aliphatic rings. The van der Waals surface area contributed by atoms with Gasteiger partial charge in [-0.1, -0.05) is 19.1 Å². The van der Waals surface area contributed by atoms with Crippen LogP contribution in [0.3, 0.4) is 0 Å². The van der Waals surface area contributed by atoms with Crippen molar-refractivity contribution in [1.29, 1.82) is 0 Å². The summed E-state index contributed by atoms with van der Waals surface area (Å²) >= 11 is 0. The van der Waals surface area contributed by atoms with Gasteiger partial charge in [-0.25, -0.2) is 0 Å². The Balaban J connectivity index is 2.67. The third kappa shape index (κ3) is 5.19. The third-order valence-corrected chi connectivity index (χ3v) is 2.78. The van der Waals surface area contributed by atoms with E-state index < -0.39 is 16.2 Å². The van der Waals surface area contributed by atoms with E-state index in [0.717, 1.165) is 24.0 Å². The van der Waals surface area contributed by atoms with Gasteiger partial charge in [0.1, 0.15) is 5.75 Å². The Bertz CT molecular complexity index is 436. The largest absolute Gasteiger partial charge is 0.494 e. The van der Waals surface area contributed by atoms with Crippen molar-refractivity contribution in [3.8, 4) is 5.75 Å². The molecule has 4 nitrogen and oxygen atoms in total. The van der Waals surface area contributed by atoms with Crippen molar-refractivity contribution in [3.63, 3.8) is 0 Å². The van der Waals surface area contributed by atoms with Gasteiger partial charge in [0, 0.05) is 0 Å². The van der Waals surface area contributed by atoms with Crippen LogP contribution in [0, 0.1) is 0 Å². The fourth-order valence-electron chi connectivity index (χ4n) is 1.37. The van der Waals surface area contributed by atoms with Crippen molar-refractivity contribution in [3.05, 3.63) is 29.8 Å². The average Bonchev–Trinajstić information content (AvgIpc) is 2.24. The average molecular weight is 258 g/mol. The highest BCUT2D eigenvalue weighted by Crippen LogP contribution is 2.21. The van der Waals surface area contributed by atoms with E-state index >= 15 is 0 Å². The summed E-state index contributed by atoms with van der Waals surface area (Å²) in [6.45, 7) is 4.41. The van der Waals surface area contributed by atoms with E-state index in [1.807, 2.05) is 19.1 Å². The summed E-state index contributed by atoms with van der Waals surface area (Å²) in [6, 6.07) is 7.24. The molecule has 0 heterocycles. The topological polar surface area (TPSA) is 52.6 Å². The van der Waals surface area contributed by atoms with Gasteiger partial charge in [0.15, 0.2) is 0 Å². The van der Waals surface area contributed by atoms with Crippen LogP contribution in [0.2, 0.25) is 0 Å². The van der Waals surface area contributed by atoms with E-state index in [2.05, 4.69) is 0 Å². The first-order chi connectivity index (χ1) is 7.92. The number of hydrogen-bond donors (Lipinski definition) is 0. The van der Waals surface area contributed by atoms with Gasteiger partial charge in [0.05, 0.1) is 19.0 Å². The molecule has 96 valence electrons. The number of ether oxygens (including phenoxy) is 1. The second-order valence-corrected chi connectivity index (χ2v) is 5.46. The lowest BCUT2D eigenvalue weighted by molar-refractivity contribution is 0.236. The lowest BCUT2D eigenvalue weighted by Crippen LogP contribution is -2.07. The summed E-state index contributed by atoms with van der Waals surface area (Å²) in [7, 11) is -3.43. The summed E-state index contributed by atoms with van der Waals surface area (Å²) in [5.74, 6) is 0.780. The molecule has 0 bridgehead atoms. The molecule has 0 aliphatic carbocycles. The molecule has 1 rings (SSSR count). The minimum Gasteiger partial charge on any atom is -0.494 e. The van der Waals surface area contributed by atoms with Gasteiger partial charge in [-0.05, 0) is 31.0 Å². The first-order valence-electron chi connectivity index (χ1n) is 5.53. The van der Waals surface area contributed by atoms with E-state index in [-0.39, 0.29) is 0 Å². The van der Waals surface area contributed by atoms with E-state index in [1.165, 1.54) is 0 Å². The molecule has 0 saturated heterocycles. The number of benzene rings is 1. The molecular formula is C12H18O4S. The molecule has 0 aliphatic heterocycles. The van der Waals surface area contributed by atoms with Gasteiger partial charge in [-0.2, -0.15) is 8.42 Å². The fraction of sp³-hybridized carbons (Fsp3) is 0.500. The minimum atomic E-state index is -3.43. The van der Waals surface area contributed by atoms with E-state index in [0.29, 0.717) is 6.61 Å². The highest BCUT2D eigenvalue weighted by Gasteiger charge is 2.12. The monoisotopic (exact) mass is 258 g/mol. The molecule has 0 N–H and O–H groups in total. The Hall–Kier alpha value is -1.07. The molecule has 5 heteroatoms. The smallest absolute Gasteiger partial charge is 0.264 e. The highest BCUT2D eigenvalue weighted by atomic mass is 32.2. The zero-order chi connectivity index (χ0) is 12.9. The molecule has 0 spiro atoms. The van der Waals surface area contributed by atoms with E-state index in [9.17, 15) is 8.42 Å². The lowest BCUT2D eigenvalue weighted by atomic mass is 10.1. The molecule has 1 atom stereocenters. The molecule has 0 saturated carbocycles. The maximum atomic E-state index is 11.0. The second-order valence-electron chi connectivity index (χ2n) is 3.86. The molecule has 0 radical (unpaired) electrons. The summed E-state index contributed by atoms with van der Waals surface area (Å²) in [4.78, 5) is 0. The Morgan fingerprint density at radius 3 is 2.29 bits per heavy atom.